The summed E-state index contributed by atoms with van der Waals surface area (Å²) in [7, 11) is 0. The van der Waals surface area contributed by atoms with E-state index in [2.05, 4.69) is 0 Å². The van der Waals surface area contributed by atoms with Gasteiger partial charge in [0.2, 0.25) is 13.1 Å². The maximum atomic E-state index is 13.1. The largest absolute Gasteiger partial charge is 0.508 e. The summed E-state index contributed by atoms with van der Waals surface area (Å²) in [4.78, 5) is 13.1. The number of aliphatic hydroxyl groups excluding tert-OH is 1. The summed E-state index contributed by atoms with van der Waals surface area (Å²) in [6, 6.07) is 5.73. The summed E-state index contributed by atoms with van der Waals surface area (Å²) >= 11 is 0. The number of hydrogen-bond acceptors (Lipinski definition) is 7. The molecule has 0 aromatic heterocycles. The van der Waals surface area contributed by atoms with Crippen LogP contribution in [0.2, 0.25) is 0 Å². The Balaban J connectivity index is 1.69. The minimum atomic E-state index is -1.42. The first-order valence-electron chi connectivity index (χ1n) is 7.39. The van der Waals surface area contributed by atoms with Crippen LogP contribution in [0.3, 0.4) is 0 Å². The van der Waals surface area contributed by atoms with Crippen molar-refractivity contribution in [3.05, 3.63) is 41.0 Å². The number of Topliss-reactive ketones (excluding diaryl/α,β-unsaturated/α-hetero) is 1. The summed E-state index contributed by atoms with van der Waals surface area (Å²) in [5, 5.41) is 30.1. The van der Waals surface area contributed by atoms with Crippen molar-refractivity contribution in [2.24, 2.45) is 0 Å². The summed E-state index contributed by atoms with van der Waals surface area (Å²) < 4.78 is 16.1. The van der Waals surface area contributed by atoms with Crippen molar-refractivity contribution in [2.45, 2.75) is 18.1 Å². The highest BCUT2D eigenvalue weighted by Gasteiger charge is 2.60. The topological polar surface area (TPSA) is 105 Å². The fourth-order valence-electron chi connectivity index (χ4n) is 3.72. The number of benzene rings is 2. The van der Waals surface area contributed by atoms with Crippen molar-refractivity contribution >= 4 is 5.78 Å². The molecule has 7 heteroatoms. The molecule has 1 aliphatic carbocycles. The molecular weight excluding hydrogens is 316 g/mol. The summed E-state index contributed by atoms with van der Waals surface area (Å²) in [6.45, 7) is 0.112. The number of carbonyl (C=O) groups is 1. The summed E-state index contributed by atoms with van der Waals surface area (Å²) in [5.41, 5.74) is 0.123. The van der Waals surface area contributed by atoms with Crippen LogP contribution in [0, 0.1) is 0 Å². The normalized spacial score (nSPS) is 25.7. The quantitative estimate of drug-likeness (QED) is 0.667. The second-order valence-corrected chi connectivity index (χ2v) is 6.15. The first-order valence-corrected chi connectivity index (χ1v) is 7.39. The van der Waals surface area contributed by atoms with Crippen LogP contribution in [0.5, 0.6) is 28.7 Å². The fourth-order valence-corrected chi connectivity index (χ4v) is 3.72. The molecule has 0 radical (unpaired) electrons. The van der Waals surface area contributed by atoms with Crippen LogP contribution in [0.1, 0.15) is 21.5 Å². The molecule has 3 N–H and O–H groups in total. The van der Waals surface area contributed by atoms with Gasteiger partial charge in [-0.3, -0.25) is 4.79 Å². The van der Waals surface area contributed by atoms with Crippen molar-refractivity contribution in [3.63, 3.8) is 0 Å². The van der Waals surface area contributed by atoms with Gasteiger partial charge in [0.25, 0.3) is 0 Å². The Morgan fingerprint density at radius 1 is 1.04 bits per heavy atom. The van der Waals surface area contributed by atoms with Gasteiger partial charge in [-0.25, -0.2) is 0 Å². The summed E-state index contributed by atoms with van der Waals surface area (Å²) in [6.07, 6.45) is -1.16. The van der Waals surface area contributed by atoms with E-state index in [0.29, 0.717) is 17.1 Å². The van der Waals surface area contributed by atoms with Crippen LogP contribution in [0.25, 0.3) is 0 Å². The zero-order chi connectivity index (χ0) is 16.6. The monoisotopic (exact) mass is 328 g/mol. The molecular formula is C17H12O7. The standard InChI is InChI=1S/C17H12O7/c18-8-2-10(19)14-13(3-8)24-16(21)17(15(14)20)5-7-1-11-12(4-9(7)17)23-6-22-11/h1-4,16,18-19,21H,5-6H2. The third-order valence-electron chi connectivity index (χ3n) is 4.91. The van der Waals surface area contributed by atoms with Gasteiger partial charge in [-0.15, -0.1) is 0 Å². The molecule has 2 heterocycles. The molecule has 0 saturated heterocycles. The number of aromatic hydroxyl groups is 2. The maximum absolute atomic E-state index is 13.1. The SMILES string of the molecule is O=C1c2c(O)cc(O)cc2OC(O)C12Cc1cc3c(cc12)OCO3. The molecule has 1 spiro atoms. The predicted octanol–water partition coefficient (Wildman–Crippen LogP) is 1.21. The Morgan fingerprint density at radius 3 is 2.58 bits per heavy atom. The number of phenolic OH excluding ortho intramolecular Hbond substituents is 2. The van der Waals surface area contributed by atoms with Gasteiger partial charge in [0.15, 0.2) is 17.3 Å². The average Bonchev–Trinajstić information content (AvgIpc) is 2.94. The lowest BCUT2D eigenvalue weighted by Crippen LogP contribution is -2.59. The van der Waals surface area contributed by atoms with Gasteiger partial charge in [0, 0.05) is 12.1 Å². The van der Waals surface area contributed by atoms with E-state index in [1.165, 1.54) is 6.07 Å². The second-order valence-electron chi connectivity index (χ2n) is 6.15. The van der Waals surface area contributed by atoms with Crippen molar-refractivity contribution in [2.75, 3.05) is 6.79 Å². The minimum absolute atomic E-state index is 0.0372. The number of ether oxygens (including phenoxy) is 3. The molecule has 3 aliphatic rings. The van der Waals surface area contributed by atoms with Gasteiger partial charge in [-0.1, -0.05) is 0 Å². The molecule has 2 aromatic carbocycles. The van der Waals surface area contributed by atoms with Crippen molar-refractivity contribution in [3.8, 4) is 28.7 Å². The van der Waals surface area contributed by atoms with E-state index in [-0.39, 0.29) is 36.0 Å². The average molecular weight is 328 g/mol. The van der Waals surface area contributed by atoms with Gasteiger partial charge in [0.05, 0.1) is 0 Å². The van der Waals surface area contributed by atoms with Crippen LogP contribution >= 0.6 is 0 Å². The zero-order valence-electron chi connectivity index (χ0n) is 12.3. The van der Waals surface area contributed by atoms with E-state index in [1.807, 2.05) is 0 Å². The van der Waals surface area contributed by atoms with Gasteiger partial charge >= 0.3 is 0 Å². The molecule has 122 valence electrons. The van der Waals surface area contributed by atoms with E-state index in [0.717, 1.165) is 11.6 Å². The lowest BCUT2D eigenvalue weighted by Gasteiger charge is -2.47. The number of fused-ring (bicyclic) bond motifs is 4. The lowest BCUT2D eigenvalue weighted by atomic mass is 9.59. The third-order valence-corrected chi connectivity index (χ3v) is 4.91. The molecule has 0 fully saturated rings. The minimum Gasteiger partial charge on any atom is -0.508 e. The third kappa shape index (κ3) is 1.43. The van der Waals surface area contributed by atoms with Gasteiger partial charge in [0.1, 0.15) is 28.2 Å². The molecule has 7 nitrogen and oxygen atoms in total. The second kappa shape index (κ2) is 4.12. The van der Waals surface area contributed by atoms with Crippen LogP contribution in [-0.2, 0) is 11.8 Å². The molecule has 2 aromatic rings. The van der Waals surface area contributed by atoms with Crippen LogP contribution in [0.4, 0.5) is 0 Å². The van der Waals surface area contributed by atoms with E-state index in [4.69, 9.17) is 14.2 Å². The van der Waals surface area contributed by atoms with Gasteiger partial charge < -0.3 is 29.5 Å². The number of ketones is 1. The first kappa shape index (κ1) is 13.5. The Kier molecular flexibility index (Phi) is 2.32. The zero-order valence-corrected chi connectivity index (χ0v) is 12.3. The van der Waals surface area contributed by atoms with Gasteiger partial charge in [-0.2, -0.15) is 0 Å². The Bertz CT molecular complexity index is 920. The van der Waals surface area contributed by atoms with Crippen LogP contribution < -0.4 is 14.2 Å². The highest BCUT2D eigenvalue weighted by molar-refractivity contribution is 6.11. The van der Waals surface area contributed by atoms with Crippen molar-refractivity contribution < 1.29 is 34.3 Å². The molecule has 2 atom stereocenters. The van der Waals surface area contributed by atoms with E-state index >= 15 is 0 Å². The molecule has 0 bridgehead atoms. The van der Waals surface area contributed by atoms with E-state index < -0.39 is 17.5 Å². The van der Waals surface area contributed by atoms with Crippen LogP contribution in [0.15, 0.2) is 24.3 Å². The highest BCUT2D eigenvalue weighted by Crippen LogP contribution is 2.55. The van der Waals surface area contributed by atoms with Gasteiger partial charge in [-0.05, 0) is 29.7 Å². The number of phenols is 2. The smallest absolute Gasteiger partial charge is 0.231 e. The number of aliphatic hydroxyl groups is 1. The Labute approximate surface area is 135 Å². The number of carbonyl (C=O) groups excluding carboxylic acids is 1. The lowest BCUT2D eigenvalue weighted by molar-refractivity contribution is -0.0818. The molecule has 24 heavy (non-hydrogen) atoms. The highest BCUT2D eigenvalue weighted by atomic mass is 16.7. The van der Waals surface area contributed by atoms with E-state index in [9.17, 15) is 20.1 Å². The van der Waals surface area contributed by atoms with Crippen molar-refractivity contribution in [1.29, 1.82) is 0 Å². The Morgan fingerprint density at radius 2 is 1.79 bits per heavy atom. The molecule has 2 unspecified atom stereocenters. The number of hydrogen-bond donors (Lipinski definition) is 3. The summed E-state index contributed by atoms with van der Waals surface area (Å²) in [5.74, 6) is 0.00367. The first-order chi connectivity index (χ1) is 11.5. The maximum Gasteiger partial charge on any atom is 0.231 e. The Hall–Kier alpha value is -2.93. The van der Waals surface area contributed by atoms with Crippen molar-refractivity contribution in [1.82, 2.24) is 0 Å². The molecule has 0 amide bonds. The predicted molar refractivity (Wildman–Crippen MR) is 78.7 cm³/mol. The molecule has 2 aliphatic heterocycles. The molecule has 0 saturated carbocycles. The van der Waals surface area contributed by atoms with Crippen LogP contribution in [-0.4, -0.2) is 34.2 Å². The number of rotatable bonds is 0. The molecule has 5 rings (SSSR count). The fraction of sp³-hybridized carbons (Fsp3) is 0.235. The van der Waals surface area contributed by atoms with E-state index in [1.54, 1.807) is 12.1 Å².